The summed E-state index contributed by atoms with van der Waals surface area (Å²) in [6.07, 6.45) is 0. The number of benzene rings is 1. The van der Waals surface area contributed by atoms with Crippen molar-refractivity contribution in [1.29, 1.82) is 0 Å². The highest BCUT2D eigenvalue weighted by Crippen LogP contribution is 2.31. The molecule has 5 nitrogen and oxygen atoms in total. The minimum atomic E-state index is -0.146. The van der Waals surface area contributed by atoms with Crippen LogP contribution in [-0.2, 0) is 0 Å². The molecule has 0 unspecified atom stereocenters. The van der Waals surface area contributed by atoms with Gasteiger partial charge in [-0.25, -0.2) is 4.98 Å². The third-order valence-electron chi connectivity index (χ3n) is 3.17. The Morgan fingerprint density at radius 3 is 2.81 bits per heavy atom. The number of anilines is 1. The Bertz CT molecular complexity index is 890. The second-order valence-corrected chi connectivity index (χ2v) is 4.88. The number of nitrogens with two attached hydrogens (primary N) is 1. The van der Waals surface area contributed by atoms with Gasteiger partial charge in [0.15, 0.2) is 5.43 Å². The SMILES string of the molecule is COc1ccc2c(=O)cc(-c3cccc(N)n3)[nH]c2c1Cl. The molecule has 0 saturated heterocycles. The van der Waals surface area contributed by atoms with Gasteiger partial charge in [-0.2, -0.15) is 0 Å². The average Bonchev–Trinajstić information content (AvgIpc) is 2.48. The number of halogens is 1. The maximum absolute atomic E-state index is 12.2. The van der Waals surface area contributed by atoms with Crippen molar-refractivity contribution in [3.63, 3.8) is 0 Å². The molecule has 3 N–H and O–H groups in total. The molecule has 106 valence electrons. The van der Waals surface area contributed by atoms with Crippen LogP contribution in [0.25, 0.3) is 22.3 Å². The molecule has 0 spiro atoms. The standard InChI is InChI=1S/C15H12ClN3O2/c1-21-12-6-5-8-11(20)7-10(19-15(8)14(12)16)9-3-2-4-13(17)18-9/h2-7H,1H3,(H2,17,18)(H,19,20). The molecule has 3 aromatic rings. The Labute approximate surface area is 125 Å². The van der Waals surface area contributed by atoms with E-state index in [9.17, 15) is 4.79 Å². The van der Waals surface area contributed by atoms with E-state index in [0.717, 1.165) is 0 Å². The van der Waals surface area contributed by atoms with Crippen molar-refractivity contribution in [2.45, 2.75) is 0 Å². The Balaban J connectivity index is 2.31. The van der Waals surface area contributed by atoms with Gasteiger partial charge in [0, 0.05) is 11.5 Å². The molecule has 6 heteroatoms. The minimum Gasteiger partial charge on any atom is -0.495 e. The molecule has 21 heavy (non-hydrogen) atoms. The Morgan fingerprint density at radius 2 is 2.10 bits per heavy atom. The Hall–Kier alpha value is -2.53. The van der Waals surface area contributed by atoms with E-state index in [4.69, 9.17) is 22.1 Å². The number of nitrogen functional groups attached to an aromatic ring is 1. The smallest absolute Gasteiger partial charge is 0.190 e. The largest absolute Gasteiger partial charge is 0.495 e. The van der Waals surface area contributed by atoms with E-state index >= 15 is 0 Å². The number of hydrogen-bond acceptors (Lipinski definition) is 4. The maximum atomic E-state index is 12.2. The number of pyridine rings is 2. The van der Waals surface area contributed by atoms with Crippen LogP contribution in [0.5, 0.6) is 5.75 Å². The summed E-state index contributed by atoms with van der Waals surface area (Å²) in [5, 5.41) is 0.853. The summed E-state index contributed by atoms with van der Waals surface area (Å²) in [6.45, 7) is 0. The van der Waals surface area contributed by atoms with Crippen LogP contribution in [0.15, 0.2) is 41.2 Å². The fourth-order valence-electron chi connectivity index (χ4n) is 2.16. The molecule has 2 aromatic heterocycles. The number of aromatic amines is 1. The van der Waals surface area contributed by atoms with Crippen LogP contribution in [0.3, 0.4) is 0 Å². The Kier molecular flexibility index (Phi) is 3.27. The highest BCUT2D eigenvalue weighted by Gasteiger charge is 2.11. The van der Waals surface area contributed by atoms with Crippen molar-refractivity contribution in [2.24, 2.45) is 0 Å². The molecule has 3 rings (SSSR count). The molecule has 0 amide bonds. The number of fused-ring (bicyclic) bond motifs is 1. The summed E-state index contributed by atoms with van der Waals surface area (Å²) in [6, 6.07) is 10.0. The summed E-state index contributed by atoms with van der Waals surface area (Å²) < 4.78 is 5.17. The van der Waals surface area contributed by atoms with Gasteiger partial charge in [0.05, 0.1) is 24.0 Å². The van der Waals surface area contributed by atoms with Gasteiger partial charge in [0.2, 0.25) is 0 Å². The second-order valence-electron chi connectivity index (χ2n) is 4.50. The Morgan fingerprint density at radius 1 is 1.29 bits per heavy atom. The molecule has 0 aliphatic heterocycles. The summed E-state index contributed by atoms with van der Waals surface area (Å²) in [7, 11) is 1.52. The first-order chi connectivity index (χ1) is 10.1. The zero-order chi connectivity index (χ0) is 15.0. The van der Waals surface area contributed by atoms with Gasteiger partial charge < -0.3 is 15.5 Å². The van der Waals surface area contributed by atoms with Crippen LogP contribution in [-0.4, -0.2) is 17.1 Å². The normalized spacial score (nSPS) is 10.8. The number of H-pyrrole nitrogens is 1. The van der Waals surface area contributed by atoms with Crippen molar-refractivity contribution in [3.05, 3.63) is 51.6 Å². The van der Waals surface area contributed by atoms with Crippen LogP contribution in [0.1, 0.15) is 0 Å². The van der Waals surface area contributed by atoms with Crippen molar-refractivity contribution in [3.8, 4) is 17.1 Å². The monoisotopic (exact) mass is 301 g/mol. The fraction of sp³-hybridized carbons (Fsp3) is 0.0667. The van der Waals surface area contributed by atoms with Crippen LogP contribution in [0.2, 0.25) is 5.02 Å². The molecular weight excluding hydrogens is 290 g/mol. The summed E-state index contributed by atoms with van der Waals surface area (Å²) in [4.78, 5) is 19.6. The molecule has 0 atom stereocenters. The number of ether oxygens (including phenoxy) is 1. The second kappa shape index (κ2) is 5.10. The predicted molar refractivity (Wildman–Crippen MR) is 83.8 cm³/mol. The van der Waals surface area contributed by atoms with E-state index in [0.29, 0.717) is 38.9 Å². The first kappa shape index (κ1) is 13.5. The van der Waals surface area contributed by atoms with E-state index in [-0.39, 0.29) is 5.43 Å². The van der Waals surface area contributed by atoms with Gasteiger partial charge in [-0.15, -0.1) is 0 Å². The number of hydrogen-bond donors (Lipinski definition) is 2. The van der Waals surface area contributed by atoms with Crippen molar-refractivity contribution >= 4 is 28.3 Å². The first-order valence-corrected chi connectivity index (χ1v) is 6.60. The summed E-state index contributed by atoms with van der Waals surface area (Å²) >= 11 is 6.26. The van der Waals surface area contributed by atoms with Gasteiger partial charge in [0.1, 0.15) is 16.6 Å². The zero-order valence-electron chi connectivity index (χ0n) is 11.2. The molecular formula is C15H12ClN3O2. The molecule has 0 saturated carbocycles. The van der Waals surface area contributed by atoms with Crippen LogP contribution in [0.4, 0.5) is 5.82 Å². The van der Waals surface area contributed by atoms with E-state index in [2.05, 4.69) is 9.97 Å². The lowest BCUT2D eigenvalue weighted by Gasteiger charge is -2.08. The topological polar surface area (TPSA) is 81.0 Å². The van der Waals surface area contributed by atoms with Gasteiger partial charge in [0.25, 0.3) is 0 Å². The predicted octanol–water partition coefficient (Wildman–Crippen LogP) is 2.83. The summed E-state index contributed by atoms with van der Waals surface area (Å²) in [5.74, 6) is 0.877. The van der Waals surface area contributed by atoms with Gasteiger partial charge in [-0.05, 0) is 24.3 Å². The third kappa shape index (κ3) is 2.32. The van der Waals surface area contributed by atoms with E-state index in [1.165, 1.54) is 13.2 Å². The van der Waals surface area contributed by atoms with Crippen molar-refractivity contribution < 1.29 is 4.74 Å². The number of nitrogens with one attached hydrogen (secondary N) is 1. The number of methoxy groups -OCH3 is 1. The van der Waals surface area contributed by atoms with Gasteiger partial charge >= 0.3 is 0 Å². The van der Waals surface area contributed by atoms with Gasteiger partial charge in [-0.1, -0.05) is 17.7 Å². The lowest BCUT2D eigenvalue weighted by Crippen LogP contribution is -2.05. The highest BCUT2D eigenvalue weighted by molar-refractivity contribution is 6.36. The average molecular weight is 302 g/mol. The molecule has 2 heterocycles. The molecule has 1 aromatic carbocycles. The fourth-order valence-corrected chi connectivity index (χ4v) is 2.45. The lowest BCUT2D eigenvalue weighted by molar-refractivity contribution is 0.415. The third-order valence-corrected chi connectivity index (χ3v) is 3.55. The first-order valence-electron chi connectivity index (χ1n) is 6.22. The maximum Gasteiger partial charge on any atom is 0.190 e. The molecule has 0 bridgehead atoms. The van der Waals surface area contributed by atoms with Crippen LogP contribution < -0.4 is 15.9 Å². The van der Waals surface area contributed by atoms with Crippen molar-refractivity contribution in [2.75, 3.05) is 12.8 Å². The van der Waals surface area contributed by atoms with Gasteiger partial charge in [-0.3, -0.25) is 4.79 Å². The molecule has 0 radical (unpaired) electrons. The quantitative estimate of drug-likeness (QED) is 0.762. The van der Waals surface area contributed by atoms with Crippen molar-refractivity contribution in [1.82, 2.24) is 9.97 Å². The molecule has 0 aliphatic rings. The molecule has 0 fully saturated rings. The zero-order valence-corrected chi connectivity index (χ0v) is 11.9. The van der Waals surface area contributed by atoms with E-state index < -0.39 is 0 Å². The number of nitrogens with zero attached hydrogens (tertiary/aromatic N) is 1. The van der Waals surface area contributed by atoms with Crippen LogP contribution >= 0.6 is 11.6 Å². The summed E-state index contributed by atoms with van der Waals surface area (Å²) in [5.41, 5.74) is 7.17. The minimum absolute atomic E-state index is 0.146. The van der Waals surface area contributed by atoms with Crippen LogP contribution in [0, 0.1) is 0 Å². The molecule has 0 aliphatic carbocycles. The number of aromatic nitrogens is 2. The number of rotatable bonds is 2. The lowest BCUT2D eigenvalue weighted by atomic mass is 10.1. The highest BCUT2D eigenvalue weighted by atomic mass is 35.5. The van der Waals surface area contributed by atoms with E-state index in [1.807, 2.05) is 0 Å². The van der Waals surface area contributed by atoms with E-state index in [1.54, 1.807) is 30.3 Å².